The molecule has 0 saturated carbocycles. The van der Waals surface area contributed by atoms with Gasteiger partial charge in [-0.1, -0.05) is 60.7 Å². The summed E-state index contributed by atoms with van der Waals surface area (Å²) in [4.78, 5) is 12.2. The molecule has 0 amide bonds. The van der Waals surface area contributed by atoms with Crippen molar-refractivity contribution in [1.29, 1.82) is 0 Å². The van der Waals surface area contributed by atoms with Crippen molar-refractivity contribution in [3.8, 4) is 0 Å². The standard InChI is InChI=1S/C15H13NO/c17-15(12-9-5-2-6-10-12)14-13(16-14)11-7-3-1-4-8-11/h1-10,13-14,16H/p+1/t13-,14-/m0/s1. The van der Waals surface area contributed by atoms with Crippen molar-refractivity contribution in [1.82, 2.24) is 0 Å². The average Bonchev–Trinajstić information content (AvgIpc) is 3.20. The van der Waals surface area contributed by atoms with Crippen molar-refractivity contribution in [2.45, 2.75) is 12.1 Å². The summed E-state index contributed by atoms with van der Waals surface area (Å²) in [5, 5.41) is 2.12. The highest BCUT2D eigenvalue weighted by atomic mass is 16.1. The minimum atomic E-state index is 0.0693. The van der Waals surface area contributed by atoms with Crippen LogP contribution in [0.1, 0.15) is 22.0 Å². The third-order valence-corrected chi connectivity index (χ3v) is 3.21. The third-order valence-electron chi connectivity index (χ3n) is 3.21. The van der Waals surface area contributed by atoms with Gasteiger partial charge in [0.05, 0.1) is 0 Å². The van der Waals surface area contributed by atoms with Crippen molar-refractivity contribution in [3.63, 3.8) is 0 Å². The first-order chi connectivity index (χ1) is 8.36. The fraction of sp³-hybridized carbons (Fsp3) is 0.133. The highest BCUT2D eigenvalue weighted by Gasteiger charge is 2.50. The van der Waals surface area contributed by atoms with Crippen LogP contribution in [0.15, 0.2) is 60.7 Å². The molecule has 2 aromatic carbocycles. The minimum Gasteiger partial charge on any atom is -0.320 e. The van der Waals surface area contributed by atoms with Crippen LogP contribution in [0.5, 0.6) is 0 Å². The van der Waals surface area contributed by atoms with Crippen LogP contribution in [0.3, 0.4) is 0 Å². The lowest BCUT2D eigenvalue weighted by atomic mass is 10.0. The van der Waals surface area contributed by atoms with Crippen LogP contribution in [0.4, 0.5) is 0 Å². The van der Waals surface area contributed by atoms with Crippen LogP contribution in [0.25, 0.3) is 0 Å². The molecule has 0 aromatic heterocycles. The van der Waals surface area contributed by atoms with Crippen molar-refractivity contribution in [2.24, 2.45) is 0 Å². The summed E-state index contributed by atoms with van der Waals surface area (Å²) in [7, 11) is 0. The van der Waals surface area contributed by atoms with E-state index in [1.54, 1.807) is 0 Å². The van der Waals surface area contributed by atoms with Gasteiger partial charge in [0.25, 0.3) is 0 Å². The van der Waals surface area contributed by atoms with E-state index in [0.717, 1.165) is 5.56 Å². The molecular weight excluding hydrogens is 210 g/mol. The number of hydrogen-bond acceptors (Lipinski definition) is 1. The van der Waals surface area contributed by atoms with Gasteiger partial charge in [0.1, 0.15) is 0 Å². The van der Waals surface area contributed by atoms with E-state index < -0.39 is 0 Å². The molecule has 1 heterocycles. The molecule has 0 bridgehead atoms. The van der Waals surface area contributed by atoms with E-state index in [4.69, 9.17) is 0 Å². The Morgan fingerprint density at radius 1 is 0.882 bits per heavy atom. The van der Waals surface area contributed by atoms with E-state index in [9.17, 15) is 4.79 Å². The Labute approximate surface area is 100 Å². The number of rotatable bonds is 3. The SMILES string of the molecule is O=C(c1ccccc1)[C@H]1[NH2+][C@H]1c1ccccc1. The molecule has 0 unspecified atom stereocenters. The van der Waals surface area contributed by atoms with Gasteiger partial charge in [-0.3, -0.25) is 4.79 Å². The van der Waals surface area contributed by atoms with Crippen molar-refractivity contribution < 1.29 is 10.1 Å². The summed E-state index contributed by atoms with van der Waals surface area (Å²) in [6.07, 6.45) is 0. The predicted octanol–water partition coefficient (Wildman–Crippen LogP) is 1.56. The molecule has 1 aliphatic heterocycles. The van der Waals surface area contributed by atoms with Crippen LogP contribution in [0.2, 0.25) is 0 Å². The summed E-state index contributed by atoms with van der Waals surface area (Å²) in [5.74, 6) is 0.236. The maximum Gasteiger partial charge on any atom is 0.226 e. The maximum atomic E-state index is 12.2. The Hall–Kier alpha value is -1.93. The van der Waals surface area contributed by atoms with Crippen molar-refractivity contribution in [3.05, 3.63) is 71.8 Å². The normalized spacial score (nSPS) is 22.1. The predicted molar refractivity (Wildman–Crippen MR) is 65.7 cm³/mol. The molecule has 0 aliphatic carbocycles. The lowest BCUT2D eigenvalue weighted by molar-refractivity contribution is -0.511. The molecule has 2 aromatic rings. The first-order valence-electron chi connectivity index (χ1n) is 5.85. The Balaban J connectivity index is 1.76. The van der Waals surface area contributed by atoms with Crippen LogP contribution in [0, 0.1) is 0 Å². The fourth-order valence-corrected chi connectivity index (χ4v) is 2.20. The van der Waals surface area contributed by atoms with E-state index >= 15 is 0 Å². The topological polar surface area (TPSA) is 33.7 Å². The van der Waals surface area contributed by atoms with Gasteiger partial charge in [0, 0.05) is 11.1 Å². The highest BCUT2D eigenvalue weighted by Crippen LogP contribution is 2.22. The van der Waals surface area contributed by atoms with Crippen LogP contribution < -0.4 is 5.32 Å². The summed E-state index contributed by atoms with van der Waals surface area (Å²) in [5.41, 5.74) is 2.05. The van der Waals surface area contributed by atoms with Crippen LogP contribution >= 0.6 is 0 Å². The van der Waals surface area contributed by atoms with Gasteiger partial charge in [-0.25, -0.2) is 0 Å². The molecule has 2 nitrogen and oxygen atoms in total. The second kappa shape index (κ2) is 4.15. The first-order valence-corrected chi connectivity index (χ1v) is 5.85. The Morgan fingerprint density at radius 2 is 1.47 bits per heavy atom. The van der Waals surface area contributed by atoms with Gasteiger partial charge in [-0.2, -0.15) is 0 Å². The fourth-order valence-electron chi connectivity index (χ4n) is 2.20. The molecule has 2 atom stereocenters. The molecular formula is C15H14NO+. The number of benzene rings is 2. The molecule has 2 N–H and O–H groups in total. The van der Waals surface area contributed by atoms with Gasteiger partial charge < -0.3 is 5.32 Å². The number of Topliss-reactive ketones (excluding diaryl/α,β-unsaturated/α-hetero) is 1. The van der Waals surface area contributed by atoms with Crippen molar-refractivity contribution >= 4 is 5.78 Å². The number of carbonyl (C=O) groups is 1. The maximum absolute atomic E-state index is 12.2. The number of quaternary nitrogens is 1. The molecule has 84 valence electrons. The number of hydrogen-bond donors (Lipinski definition) is 1. The largest absolute Gasteiger partial charge is 0.320 e. The van der Waals surface area contributed by atoms with E-state index in [-0.39, 0.29) is 11.8 Å². The average molecular weight is 224 g/mol. The number of nitrogens with two attached hydrogens (primary N) is 1. The first kappa shape index (κ1) is 10.2. The van der Waals surface area contributed by atoms with E-state index in [1.807, 2.05) is 48.5 Å². The van der Waals surface area contributed by atoms with Crippen LogP contribution in [-0.4, -0.2) is 11.8 Å². The summed E-state index contributed by atoms with van der Waals surface area (Å²) in [6.45, 7) is 0. The molecule has 3 rings (SSSR count). The third kappa shape index (κ3) is 1.99. The zero-order valence-corrected chi connectivity index (χ0v) is 9.41. The zero-order chi connectivity index (χ0) is 11.7. The summed E-state index contributed by atoms with van der Waals surface area (Å²) >= 11 is 0. The van der Waals surface area contributed by atoms with Gasteiger partial charge in [0.15, 0.2) is 6.04 Å². The second-order valence-electron chi connectivity index (χ2n) is 4.38. The van der Waals surface area contributed by atoms with Gasteiger partial charge in [0.2, 0.25) is 11.8 Å². The molecule has 0 spiro atoms. The molecule has 0 radical (unpaired) electrons. The molecule has 1 fully saturated rings. The van der Waals surface area contributed by atoms with Crippen LogP contribution in [-0.2, 0) is 0 Å². The molecule has 1 aliphatic rings. The van der Waals surface area contributed by atoms with E-state index in [2.05, 4.69) is 17.4 Å². The highest BCUT2D eigenvalue weighted by molar-refractivity contribution is 6.00. The lowest BCUT2D eigenvalue weighted by Gasteiger charge is -1.94. The Morgan fingerprint density at radius 3 is 2.12 bits per heavy atom. The number of carbonyl (C=O) groups excluding carboxylic acids is 1. The monoisotopic (exact) mass is 224 g/mol. The summed E-state index contributed by atoms with van der Waals surface area (Å²) < 4.78 is 0. The van der Waals surface area contributed by atoms with Gasteiger partial charge in [-0.05, 0) is 0 Å². The molecule has 1 saturated heterocycles. The van der Waals surface area contributed by atoms with Gasteiger partial charge in [-0.15, -0.1) is 0 Å². The Kier molecular flexibility index (Phi) is 2.50. The zero-order valence-electron chi connectivity index (χ0n) is 9.41. The minimum absolute atomic E-state index is 0.0693. The second-order valence-corrected chi connectivity index (χ2v) is 4.38. The van der Waals surface area contributed by atoms with E-state index in [1.165, 1.54) is 5.56 Å². The quantitative estimate of drug-likeness (QED) is 0.623. The number of ketones is 1. The molecule has 2 heteroatoms. The van der Waals surface area contributed by atoms with Gasteiger partial charge >= 0.3 is 0 Å². The smallest absolute Gasteiger partial charge is 0.226 e. The lowest BCUT2D eigenvalue weighted by Crippen LogP contribution is -2.62. The Bertz CT molecular complexity index is 521. The summed E-state index contributed by atoms with van der Waals surface area (Å²) in [6, 6.07) is 20.1. The van der Waals surface area contributed by atoms with Crippen molar-refractivity contribution in [2.75, 3.05) is 0 Å². The molecule has 17 heavy (non-hydrogen) atoms. The van der Waals surface area contributed by atoms with E-state index in [0.29, 0.717) is 6.04 Å².